The summed E-state index contributed by atoms with van der Waals surface area (Å²) in [5.74, 6) is 1.45. The maximum atomic E-state index is 4.18. The average molecular weight is 173 g/mol. The highest BCUT2D eigenvalue weighted by molar-refractivity contribution is 7.80. The van der Waals surface area contributed by atoms with Gasteiger partial charge in [-0.05, 0) is 24.5 Å². The summed E-state index contributed by atoms with van der Waals surface area (Å²) in [5.41, 5.74) is 0. The van der Waals surface area contributed by atoms with E-state index in [1.54, 1.807) is 0 Å². The minimum atomic E-state index is 0.160. The number of thiol groups is 1. The molecule has 6 heteroatoms. The summed E-state index contributed by atoms with van der Waals surface area (Å²) in [6.07, 6.45) is 0. The number of nitrogens with one attached hydrogen (secondary N) is 1. The van der Waals surface area contributed by atoms with Crippen molar-refractivity contribution in [3.63, 3.8) is 0 Å². The highest BCUT2D eigenvalue weighted by atomic mass is 32.1. The van der Waals surface area contributed by atoms with Gasteiger partial charge in [0.1, 0.15) is 0 Å². The van der Waals surface area contributed by atoms with Crippen molar-refractivity contribution in [3.05, 3.63) is 5.82 Å². The topological polar surface area (TPSA) is 57.7 Å². The molecule has 0 spiro atoms. The van der Waals surface area contributed by atoms with E-state index in [-0.39, 0.29) is 6.04 Å². The molecule has 5 nitrogen and oxygen atoms in total. The Labute approximate surface area is 70.6 Å². The number of rotatable bonds is 3. The summed E-state index contributed by atoms with van der Waals surface area (Å²) in [6.45, 7) is 0. The Morgan fingerprint density at radius 2 is 2.36 bits per heavy atom. The van der Waals surface area contributed by atoms with Gasteiger partial charge in [-0.3, -0.25) is 4.90 Å². The molecular weight excluding hydrogens is 162 g/mol. The van der Waals surface area contributed by atoms with Gasteiger partial charge in [-0.1, -0.05) is 0 Å². The lowest BCUT2D eigenvalue weighted by molar-refractivity contribution is 0.314. The summed E-state index contributed by atoms with van der Waals surface area (Å²) < 4.78 is 0. The summed E-state index contributed by atoms with van der Waals surface area (Å²) in [6, 6.07) is 0.160. The fourth-order valence-corrected chi connectivity index (χ4v) is 1.30. The van der Waals surface area contributed by atoms with Gasteiger partial charge in [-0.15, -0.1) is 5.10 Å². The van der Waals surface area contributed by atoms with Crippen LogP contribution in [0.15, 0.2) is 0 Å². The first-order chi connectivity index (χ1) is 5.25. The summed E-state index contributed by atoms with van der Waals surface area (Å²) >= 11 is 4.18. The third-order valence-corrected chi connectivity index (χ3v) is 1.82. The summed E-state index contributed by atoms with van der Waals surface area (Å²) in [5, 5.41) is 13.5. The molecule has 0 fully saturated rings. The molecule has 1 unspecified atom stereocenters. The molecule has 1 aromatic rings. The quantitative estimate of drug-likeness (QED) is 0.618. The molecule has 1 aromatic heterocycles. The maximum absolute atomic E-state index is 4.18. The third-order valence-electron chi connectivity index (χ3n) is 1.47. The predicted octanol–water partition coefficient (Wildman–Crippen LogP) is -0.268. The lowest BCUT2D eigenvalue weighted by Crippen LogP contribution is -2.22. The highest BCUT2D eigenvalue weighted by Gasteiger charge is 2.14. The van der Waals surface area contributed by atoms with Crippen LogP contribution in [-0.4, -0.2) is 45.4 Å². The zero-order chi connectivity index (χ0) is 8.27. The van der Waals surface area contributed by atoms with Crippen LogP contribution in [0.25, 0.3) is 0 Å². The van der Waals surface area contributed by atoms with E-state index in [9.17, 15) is 0 Å². The van der Waals surface area contributed by atoms with Gasteiger partial charge in [0.25, 0.3) is 0 Å². The minimum absolute atomic E-state index is 0.160. The second kappa shape index (κ2) is 3.68. The van der Waals surface area contributed by atoms with Crippen molar-refractivity contribution >= 4 is 12.6 Å². The van der Waals surface area contributed by atoms with E-state index in [1.165, 1.54) is 0 Å². The largest absolute Gasteiger partial charge is 0.299 e. The molecule has 0 bridgehead atoms. The molecular formula is C5H11N5S. The second-order valence-corrected chi connectivity index (χ2v) is 2.81. The Morgan fingerprint density at radius 3 is 2.73 bits per heavy atom. The molecule has 0 aromatic carbocycles. The van der Waals surface area contributed by atoms with Gasteiger partial charge < -0.3 is 0 Å². The van der Waals surface area contributed by atoms with E-state index >= 15 is 0 Å². The fraction of sp³-hybridized carbons (Fsp3) is 0.800. The first kappa shape index (κ1) is 8.48. The molecule has 0 aliphatic carbocycles. The maximum Gasteiger partial charge on any atom is 0.166 e. The molecule has 0 saturated carbocycles. The minimum Gasteiger partial charge on any atom is -0.299 e. The Morgan fingerprint density at radius 1 is 1.64 bits per heavy atom. The van der Waals surface area contributed by atoms with Gasteiger partial charge in [0.15, 0.2) is 5.82 Å². The van der Waals surface area contributed by atoms with Crippen LogP contribution in [0.2, 0.25) is 0 Å². The van der Waals surface area contributed by atoms with Crippen molar-refractivity contribution in [1.82, 2.24) is 25.5 Å². The molecule has 0 radical (unpaired) electrons. The van der Waals surface area contributed by atoms with Gasteiger partial charge in [-0.25, -0.2) is 5.10 Å². The van der Waals surface area contributed by atoms with Gasteiger partial charge in [0.05, 0.1) is 6.04 Å². The Balaban J connectivity index is 2.71. The number of H-pyrrole nitrogens is 1. The zero-order valence-corrected chi connectivity index (χ0v) is 7.41. The lowest BCUT2D eigenvalue weighted by atomic mass is 10.3. The molecule has 1 atom stereocenters. The lowest BCUT2D eigenvalue weighted by Gasteiger charge is -2.18. The summed E-state index contributed by atoms with van der Waals surface area (Å²) in [7, 11) is 3.92. The molecule has 62 valence electrons. The van der Waals surface area contributed by atoms with Crippen LogP contribution in [-0.2, 0) is 0 Å². The number of aromatic amines is 1. The Kier molecular flexibility index (Phi) is 2.84. The van der Waals surface area contributed by atoms with Crippen LogP contribution in [0.5, 0.6) is 0 Å². The first-order valence-electron chi connectivity index (χ1n) is 3.26. The number of hydrogen-bond acceptors (Lipinski definition) is 5. The molecule has 1 heterocycles. The van der Waals surface area contributed by atoms with E-state index in [0.29, 0.717) is 5.75 Å². The molecule has 0 aliphatic rings. The SMILES string of the molecule is CN(C)C(CS)c1nnn[nH]1. The predicted molar refractivity (Wildman–Crippen MR) is 44.5 cm³/mol. The van der Waals surface area contributed by atoms with Gasteiger partial charge in [-0.2, -0.15) is 12.6 Å². The number of aromatic nitrogens is 4. The van der Waals surface area contributed by atoms with E-state index < -0.39 is 0 Å². The molecule has 1 rings (SSSR count). The molecule has 0 aliphatic heterocycles. The van der Waals surface area contributed by atoms with Gasteiger partial charge in [0.2, 0.25) is 0 Å². The van der Waals surface area contributed by atoms with Gasteiger partial charge in [0, 0.05) is 5.75 Å². The third kappa shape index (κ3) is 1.90. The summed E-state index contributed by atoms with van der Waals surface area (Å²) in [4.78, 5) is 2.01. The number of tetrazole rings is 1. The van der Waals surface area contributed by atoms with Crippen LogP contribution in [0, 0.1) is 0 Å². The smallest absolute Gasteiger partial charge is 0.166 e. The second-order valence-electron chi connectivity index (χ2n) is 2.45. The Hall–Kier alpha value is -0.620. The van der Waals surface area contributed by atoms with Crippen molar-refractivity contribution in [2.24, 2.45) is 0 Å². The molecule has 11 heavy (non-hydrogen) atoms. The van der Waals surface area contributed by atoms with Crippen LogP contribution >= 0.6 is 12.6 Å². The number of nitrogens with zero attached hydrogens (tertiary/aromatic N) is 4. The van der Waals surface area contributed by atoms with Crippen LogP contribution < -0.4 is 0 Å². The zero-order valence-electron chi connectivity index (χ0n) is 6.52. The monoisotopic (exact) mass is 173 g/mol. The van der Waals surface area contributed by atoms with Crippen molar-refractivity contribution in [2.75, 3.05) is 19.8 Å². The van der Waals surface area contributed by atoms with Gasteiger partial charge >= 0.3 is 0 Å². The van der Waals surface area contributed by atoms with E-state index in [2.05, 4.69) is 33.3 Å². The van der Waals surface area contributed by atoms with Crippen molar-refractivity contribution in [1.29, 1.82) is 0 Å². The van der Waals surface area contributed by atoms with E-state index in [0.717, 1.165) is 5.82 Å². The molecule has 0 amide bonds. The normalized spacial score (nSPS) is 13.8. The highest BCUT2D eigenvalue weighted by Crippen LogP contribution is 2.12. The van der Waals surface area contributed by atoms with E-state index in [4.69, 9.17) is 0 Å². The van der Waals surface area contributed by atoms with Crippen molar-refractivity contribution in [3.8, 4) is 0 Å². The number of hydrogen-bond donors (Lipinski definition) is 2. The average Bonchev–Trinajstić information content (AvgIpc) is 2.40. The van der Waals surface area contributed by atoms with Crippen LogP contribution in [0.4, 0.5) is 0 Å². The first-order valence-corrected chi connectivity index (χ1v) is 3.90. The van der Waals surface area contributed by atoms with Crippen LogP contribution in [0.1, 0.15) is 11.9 Å². The fourth-order valence-electron chi connectivity index (χ4n) is 0.802. The molecule has 0 saturated heterocycles. The Bertz CT molecular complexity index is 197. The van der Waals surface area contributed by atoms with Crippen molar-refractivity contribution < 1.29 is 0 Å². The standard InChI is InChI=1S/C5H11N5S/c1-10(2)4(3-11)5-6-8-9-7-5/h4,11H,3H2,1-2H3,(H,6,7,8,9). The van der Waals surface area contributed by atoms with E-state index in [1.807, 2.05) is 19.0 Å². The van der Waals surface area contributed by atoms with Crippen LogP contribution in [0.3, 0.4) is 0 Å². The van der Waals surface area contributed by atoms with Crippen molar-refractivity contribution in [2.45, 2.75) is 6.04 Å². The molecule has 1 N–H and O–H groups in total.